The molecule has 0 saturated carbocycles. The molecule has 0 fully saturated rings. The van der Waals surface area contributed by atoms with Gasteiger partial charge in [0.1, 0.15) is 12.1 Å². The summed E-state index contributed by atoms with van der Waals surface area (Å²) in [5.41, 5.74) is 6.50. The summed E-state index contributed by atoms with van der Waals surface area (Å²) < 4.78 is 21.7. The van der Waals surface area contributed by atoms with Crippen LogP contribution < -0.4 is 15.2 Å². The SMILES string of the molecule is CCC(C)CC(=O)Oc1ccc(C(C(C)COC(=O)OC(C)C(C)C)[C@H](N)C(=O)O)cc1OC(=O)CC(C)CC. The van der Waals surface area contributed by atoms with Crippen LogP contribution in [0.1, 0.15) is 92.6 Å². The third-order valence-electron chi connectivity index (χ3n) is 7.19. The summed E-state index contributed by atoms with van der Waals surface area (Å²) in [5.74, 6) is -3.33. The third kappa shape index (κ3) is 11.5. The quantitative estimate of drug-likeness (QED) is 0.189. The highest BCUT2D eigenvalue weighted by Crippen LogP contribution is 2.36. The molecular formula is C30H47NO9. The molecule has 0 amide bonds. The normalized spacial score (nSPS) is 15.8. The van der Waals surface area contributed by atoms with E-state index in [2.05, 4.69) is 0 Å². The molecule has 0 spiro atoms. The van der Waals surface area contributed by atoms with Gasteiger partial charge in [-0.05, 0) is 48.3 Å². The first-order chi connectivity index (χ1) is 18.7. The summed E-state index contributed by atoms with van der Waals surface area (Å²) in [4.78, 5) is 49.3. The van der Waals surface area contributed by atoms with Crippen LogP contribution in [-0.2, 0) is 23.9 Å². The summed E-state index contributed by atoms with van der Waals surface area (Å²) in [6.45, 7) is 14.9. The van der Waals surface area contributed by atoms with Crippen molar-refractivity contribution < 1.29 is 43.2 Å². The monoisotopic (exact) mass is 565 g/mol. The topological polar surface area (TPSA) is 151 Å². The molecule has 10 nitrogen and oxygen atoms in total. The van der Waals surface area contributed by atoms with Crippen molar-refractivity contribution in [2.45, 2.75) is 99.1 Å². The van der Waals surface area contributed by atoms with Gasteiger partial charge >= 0.3 is 24.1 Å². The van der Waals surface area contributed by atoms with Gasteiger partial charge in [0, 0.05) is 18.8 Å². The van der Waals surface area contributed by atoms with Crippen molar-refractivity contribution in [1.82, 2.24) is 0 Å². The van der Waals surface area contributed by atoms with Crippen molar-refractivity contribution in [3.8, 4) is 11.5 Å². The Morgan fingerprint density at radius 3 is 1.85 bits per heavy atom. The Bertz CT molecular complexity index is 993. The lowest BCUT2D eigenvalue weighted by atomic mass is 9.82. The van der Waals surface area contributed by atoms with Gasteiger partial charge in [-0.3, -0.25) is 14.4 Å². The average molecular weight is 566 g/mol. The number of carbonyl (C=O) groups excluding carboxylic acids is 3. The molecule has 0 heterocycles. The smallest absolute Gasteiger partial charge is 0.480 e. The largest absolute Gasteiger partial charge is 0.508 e. The molecule has 10 heteroatoms. The molecule has 1 rings (SSSR count). The number of hydrogen-bond acceptors (Lipinski definition) is 9. The van der Waals surface area contributed by atoms with E-state index in [1.807, 2.05) is 41.5 Å². The molecular weight excluding hydrogens is 518 g/mol. The second-order valence-corrected chi connectivity index (χ2v) is 11.1. The molecule has 1 aromatic rings. The standard InChI is InChI=1S/C30H47NO9/c1-9-18(5)13-25(32)39-23-12-11-22(15-24(23)40-26(33)14-19(6)10-2)27(28(31)29(34)35)20(7)16-37-30(36)38-21(8)17(3)4/h11-12,15,17-21,27-28H,9-10,13-14,16,31H2,1-8H3,(H,34,35)/t18?,19?,20?,21?,27?,28-/m0/s1. The molecule has 0 bridgehead atoms. The van der Waals surface area contributed by atoms with Crippen molar-refractivity contribution in [1.29, 1.82) is 0 Å². The van der Waals surface area contributed by atoms with Gasteiger partial charge < -0.3 is 29.8 Å². The van der Waals surface area contributed by atoms with E-state index in [0.29, 0.717) is 5.56 Å². The Balaban J connectivity index is 3.33. The lowest BCUT2D eigenvalue weighted by Gasteiger charge is -2.28. The minimum atomic E-state index is -1.37. The number of aliphatic carboxylic acids is 1. The molecule has 226 valence electrons. The predicted octanol–water partition coefficient (Wildman–Crippen LogP) is 5.70. The maximum Gasteiger partial charge on any atom is 0.508 e. The fraction of sp³-hybridized carbons (Fsp3) is 0.667. The lowest BCUT2D eigenvalue weighted by molar-refractivity contribution is -0.139. The minimum absolute atomic E-state index is 0.0100. The van der Waals surface area contributed by atoms with E-state index >= 15 is 0 Å². The van der Waals surface area contributed by atoms with E-state index < -0.39 is 41.9 Å². The molecule has 5 unspecified atom stereocenters. The van der Waals surface area contributed by atoms with Crippen LogP contribution in [0.4, 0.5) is 4.79 Å². The van der Waals surface area contributed by atoms with Gasteiger partial charge in [-0.15, -0.1) is 0 Å². The number of carboxylic acids is 1. The molecule has 1 aromatic carbocycles. The van der Waals surface area contributed by atoms with Crippen LogP contribution in [0, 0.1) is 23.7 Å². The molecule has 0 aliphatic carbocycles. The van der Waals surface area contributed by atoms with Crippen LogP contribution in [0.15, 0.2) is 18.2 Å². The van der Waals surface area contributed by atoms with Crippen molar-refractivity contribution in [2.75, 3.05) is 6.61 Å². The molecule has 0 aliphatic rings. The van der Waals surface area contributed by atoms with Gasteiger partial charge in [-0.1, -0.05) is 67.4 Å². The molecule has 0 aliphatic heterocycles. The maximum atomic E-state index is 12.7. The molecule has 0 saturated heterocycles. The number of nitrogens with two attached hydrogens (primary N) is 1. The maximum absolute atomic E-state index is 12.7. The van der Waals surface area contributed by atoms with Gasteiger partial charge in [0.05, 0.1) is 6.61 Å². The van der Waals surface area contributed by atoms with Crippen LogP contribution in [0.5, 0.6) is 11.5 Å². The second-order valence-electron chi connectivity index (χ2n) is 11.1. The predicted molar refractivity (Wildman–Crippen MR) is 150 cm³/mol. The number of rotatable bonds is 16. The van der Waals surface area contributed by atoms with E-state index in [4.69, 9.17) is 24.7 Å². The van der Waals surface area contributed by atoms with Gasteiger partial charge in [0.25, 0.3) is 0 Å². The van der Waals surface area contributed by atoms with Gasteiger partial charge in [-0.2, -0.15) is 0 Å². The van der Waals surface area contributed by atoms with Crippen LogP contribution in [-0.4, -0.2) is 47.9 Å². The Kier molecular flexibility index (Phi) is 14.7. The number of ether oxygens (including phenoxy) is 4. The molecule has 6 atom stereocenters. The fourth-order valence-electron chi connectivity index (χ4n) is 3.75. The van der Waals surface area contributed by atoms with Crippen molar-refractivity contribution in [3.63, 3.8) is 0 Å². The average Bonchev–Trinajstić information content (AvgIpc) is 2.88. The van der Waals surface area contributed by atoms with E-state index in [9.17, 15) is 24.3 Å². The number of carbonyl (C=O) groups is 4. The van der Waals surface area contributed by atoms with E-state index in [0.717, 1.165) is 12.8 Å². The van der Waals surface area contributed by atoms with Crippen molar-refractivity contribution >= 4 is 24.1 Å². The summed E-state index contributed by atoms with van der Waals surface area (Å²) in [6.07, 6.45) is 0.688. The Morgan fingerprint density at radius 2 is 1.38 bits per heavy atom. The van der Waals surface area contributed by atoms with Gasteiger partial charge in [-0.25, -0.2) is 4.79 Å². The number of esters is 2. The summed E-state index contributed by atoms with van der Waals surface area (Å²) >= 11 is 0. The van der Waals surface area contributed by atoms with E-state index in [-0.39, 0.29) is 54.8 Å². The van der Waals surface area contributed by atoms with Crippen molar-refractivity contribution in [3.05, 3.63) is 23.8 Å². The first-order valence-corrected chi connectivity index (χ1v) is 14.1. The third-order valence-corrected chi connectivity index (χ3v) is 7.19. The fourth-order valence-corrected chi connectivity index (χ4v) is 3.75. The second kappa shape index (κ2) is 16.8. The summed E-state index contributed by atoms with van der Waals surface area (Å²) in [5, 5.41) is 9.73. The Hall–Kier alpha value is -3.14. The highest BCUT2D eigenvalue weighted by atomic mass is 16.7. The molecule has 0 aromatic heterocycles. The number of carboxylic acid groups (broad SMARTS) is 1. The zero-order valence-corrected chi connectivity index (χ0v) is 25.1. The molecule has 40 heavy (non-hydrogen) atoms. The van der Waals surface area contributed by atoms with Gasteiger partial charge in [0.2, 0.25) is 0 Å². The number of benzene rings is 1. The Labute approximate surface area is 237 Å². The highest BCUT2D eigenvalue weighted by Gasteiger charge is 2.33. The zero-order valence-electron chi connectivity index (χ0n) is 25.1. The highest BCUT2D eigenvalue weighted by molar-refractivity contribution is 5.77. The lowest BCUT2D eigenvalue weighted by Crippen LogP contribution is -2.40. The van der Waals surface area contributed by atoms with Crippen LogP contribution in [0.2, 0.25) is 0 Å². The van der Waals surface area contributed by atoms with E-state index in [1.54, 1.807) is 19.9 Å². The van der Waals surface area contributed by atoms with Crippen LogP contribution in [0.3, 0.4) is 0 Å². The molecule has 3 N–H and O–H groups in total. The first-order valence-electron chi connectivity index (χ1n) is 14.1. The molecule has 0 radical (unpaired) electrons. The minimum Gasteiger partial charge on any atom is -0.480 e. The Morgan fingerprint density at radius 1 is 0.850 bits per heavy atom. The van der Waals surface area contributed by atoms with Gasteiger partial charge in [0.15, 0.2) is 11.5 Å². The zero-order chi connectivity index (χ0) is 30.6. The van der Waals surface area contributed by atoms with E-state index in [1.165, 1.54) is 12.1 Å². The first kappa shape index (κ1) is 34.9. The summed E-state index contributed by atoms with van der Waals surface area (Å²) in [7, 11) is 0. The van der Waals surface area contributed by atoms with Crippen LogP contribution >= 0.6 is 0 Å². The number of hydrogen-bond donors (Lipinski definition) is 2. The summed E-state index contributed by atoms with van der Waals surface area (Å²) in [6, 6.07) is 3.13. The van der Waals surface area contributed by atoms with Crippen molar-refractivity contribution in [2.24, 2.45) is 29.4 Å². The van der Waals surface area contributed by atoms with Crippen LogP contribution in [0.25, 0.3) is 0 Å².